The average Bonchev–Trinajstić information content (AvgIpc) is 2.91. The lowest BCUT2D eigenvalue weighted by molar-refractivity contribution is -0.134. The number of rotatable bonds is 10. The van der Waals surface area contributed by atoms with Crippen LogP contribution in [0.4, 0.5) is 0 Å². The third-order valence-corrected chi connectivity index (χ3v) is 5.76. The molecule has 1 aromatic rings. The van der Waals surface area contributed by atoms with Gasteiger partial charge in [-0.3, -0.25) is 4.90 Å². The van der Waals surface area contributed by atoms with E-state index in [1.807, 2.05) is 18.2 Å². The lowest BCUT2D eigenvalue weighted by Gasteiger charge is -2.44. The molecule has 0 bridgehead atoms. The molecule has 2 heterocycles. The predicted molar refractivity (Wildman–Crippen MR) is 140 cm³/mol. The summed E-state index contributed by atoms with van der Waals surface area (Å²) < 4.78 is 5.75. The van der Waals surface area contributed by atoms with Crippen LogP contribution in [-0.4, -0.2) is 99.5 Å². The molecule has 1 unspecified atom stereocenters. The summed E-state index contributed by atoms with van der Waals surface area (Å²) in [5, 5.41) is 40.1. The van der Waals surface area contributed by atoms with Crippen molar-refractivity contribution in [3.05, 3.63) is 54.1 Å². The first-order valence-corrected chi connectivity index (χ1v) is 12.5. The summed E-state index contributed by atoms with van der Waals surface area (Å²) in [7, 11) is 0. The van der Waals surface area contributed by atoms with E-state index >= 15 is 0 Å². The number of ether oxygens (including phenoxy) is 1. The molecule has 0 amide bonds. The van der Waals surface area contributed by atoms with Crippen LogP contribution in [0.3, 0.4) is 0 Å². The van der Waals surface area contributed by atoms with Crippen molar-refractivity contribution in [1.82, 2.24) is 9.80 Å². The number of nitriles is 1. The molecule has 2 aliphatic rings. The molecule has 0 aliphatic carbocycles. The number of carboxylic acid groups (broad SMARTS) is 4. The molecular weight excluding hydrogens is 510 g/mol. The Morgan fingerprint density at radius 3 is 2.08 bits per heavy atom. The van der Waals surface area contributed by atoms with Gasteiger partial charge in [0.1, 0.15) is 5.75 Å². The van der Waals surface area contributed by atoms with Gasteiger partial charge in [-0.25, -0.2) is 19.2 Å². The van der Waals surface area contributed by atoms with Gasteiger partial charge in [0, 0.05) is 50.0 Å². The minimum atomic E-state index is -1.26. The first-order valence-electron chi connectivity index (χ1n) is 12.5. The van der Waals surface area contributed by atoms with E-state index in [0.29, 0.717) is 29.9 Å². The number of carboxylic acids is 4. The van der Waals surface area contributed by atoms with Gasteiger partial charge in [0.05, 0.1) is 18.2 Å². The number of benzene rings is 1. The van der Waals surface area contributed by atoms with E-state index in [9.17, 15) is 19.2 Å². The monoisotopic (exact) mass is 545 g/mol. The van der Waals surface area contributed by atoms with Crippen molar-refractivity contribution >= 4 is 23.9 Å². The van der Waals surface area contributed by atoms with Gasteiger partial charge < -0.3 is 30.1 Å². The Labute approximate surface area is 227 Å². The van der Waals surface area contributed by atoms with Gasteiger partial charge in [-0.1, -0.05) is 12.5 Å². The van der Waals surface area contributed by atoms with Crippen molar-refractivity contribution in [2.45, 2.75) is 38.1 Å². The first-order chi connectivity index (χ1) is 18.6. The largest absolute Gasteiger partial charge is 0.494 e. The summed E-state index contributed by atoms with van der Waals surface area (Å²) in [6, 6.07) is 10.4. The van der Waals surface area contributed by atoms with E-state index in [-0.39, 0.29) is 0 Å². The molecule has 1 aromatic carbocycles. The van der Waals surface area contributed by atoms with Gasteiger partial charge in [0.25, 0.3) is 0 Å². The van der Waals surface area contributed by atoms with Crippen molar-refractivity contribution in [2.75, 3.05) is 39.3 Å². The molecule has 12 heteroatoms. The number of aliphatic carboxylic acids is 4. The molecule has 2 aliphatic heterocycles. The van der Waals surface area contributed by atoms with Gasteiger partial charge in [-0.2, -0.15) is 5.26 Å². The Bertz CT molecular complexity index is 983. The molecule has 2 fully saturated rings. The molecule has 212 valence electrons. The van der Waals surface area contributed by atoms with Crippen LogP contribution in [0.15, 0.2) is 48.6 Å². The summed E-state index contributed by atoms with van der Waals surface area (Å²) >= 11 is 0. The Morgan fingerprint density at radius 2 is 1.51 bits per heavy atom. The normalized spacial score (nSPS) is 17.1. The molecule has 3 rings (SSSR count). The van der Waals surface area contributed by atoms with Crippen molar-refractivity contribution in [2.24, 2.45) is 0 Å². The maximum Gasteiger partial charge on any atom is 0.328 e. The summed E-state index contributed by atoms with van der Waals surface area (Å²) in [5.41, 5.74) is 0.660. The van der Waals surface area contributed by atoms with E-state index in [2.05, 4.69) is 15.9 Å². The fourth-order valence-corrected chi connectivity index (χ4v) is 3.99. The molecule has 12 nitrogen and oxygen atoms in total. The molecule has 2 saturated heterocycles. The maximum atomic E-state index is 9.55. The van der Waals surface area contributed by atoms with E-state index < -0.39 is 23.9 Å². The highest BCUT2D eigenvalue weighted by atomic mass is 16.5. The standard InChI is InChI=1S/C19H27N3O.2C4H4O4/c20-15-17-6-5-8-19(14-17)23-13-4-3-9-21-11-12-22-10-2-1-7-18(22)16-21;2*5-3(6)1-2-4(7)8/h5-6,8,14,18H,1-4,7,9-13,16H2;2*1-2H,(H,5,6)(H,7,8)/b;2*2-1+. The van der Waals surface area contributed by atoms with Crippen LogP contribution in [0.1, 0.15) is 37.7 Å². The number of unbranched alkanes of at least 4 members (excludes halogenated alkanes) is 1. The second-order valence-corrected chi connectivity index (χ2v) is 8.70. The number of hydrogen-bond donors (Lipinski definition) is 4. The fraction of sp³-hybridized carbons (Fsp3) is 0.444. The van der Waals surface area contributed by atoms with Gasteiger partial charge >= 0.3 is 23.9 Å². The second-order valence-electron chi connectivity index (χ2n) is 8.70. The fourth-order valence-electron chi connectivity index (χ4n) is 3.99. The molecule has 39 heavy (non-hydrogen) atoms. The van der Waals surface area contributed by atoms with Gasteiger partial charge in [0.2, 0.25) is 0 Å². The zero-order valence-electron chi connectivity index (χ0n) is 21.6. The second kappa shape index (κ2) is 18.9. The minimum absolute atomic E-state index is 0.558. The lowest BCUT2D eigenvalue weighted by Crippen LogP contribution is -2.54. The van der Waals surface area contributed by atoms with Crippen LogP contribution in [0.5, 0.6) is 5.75 Å². The highest BCUT2D eigenvalue weighted by Gasteiger charge is 2.28. The smallest absolute Gasteiger partial charge is 0.328 e. The number of nitrogens with zero attached hydrogens (tertiary/aromatic N) is 3. The van der Waals surface area contributed by atoms with Gasteiger partial charge in [-0.15, -0.1) is 0 Å². The quantitative estimate of drug-likeness (QED) is 0.248. The Hall–Kier alpha value is -4.21. The minimum Gasteiger partial charge on any atom is -0.494 e. The van der Waals surface area contributed by atoms with E-state index in [0.717, 1.165) is 24.8 Å². The number of piperazine rings is 1. The van der Waals surface area contributed by atoms with Crippen molar-refractivity contribution < 1.29 is 44.3 Å². The Kier molecular flexibility index (Phi) is 15.9. The summed E-state index contributed by atoms with van der Waals surface area (Å²) in [6.45, 7) is 6.97. The van der Waals surface area contributed by atoms with Crippen molar-refractivity contribution in [3.8, 4) is 11.8 Å². The van der Waals surface area contributed by atoms with E-state index in [1.54, 1.807) is 6.07 Å². The number of hydrogen-bond acceptors (Lipinski definition) is 8. The van der Waals surface area contributed by atoms with Gasteiger partial charge in [0.15, 0.2) is 0 Å². The predicted octanol–water partition coefficient (Wildman–Crippen LogP) is 2.31. The Morgan fingerprint density at radius 1 is 0.897 bits per heavy atom. The van der Waals surface area contributed by atoms with Crippen LogP contribution in [0, 0.1) is 11.3 Å². The van der Waals surface area contributed by atoms with Crippen molar-refractivity contribution in [3.63, 3.8) is 0 Å². The van der Waals surface area contributed by atoms with E-state index in [1.165, 1.54) is 58.4 Å². The molecule has 0 radical (unpaired) electrons. The lowest BCUT2D eigenvalue weighted by atomic mass is 9.99. The first kappa shape index (κ1) is 32.8. The van der Waals surface area contributed by atoms with Crippen molar-refractivity contribution in [1.29, 1.82) is 5.26 Å². The van der Waals surface area contributed by atoms with Gasteiger partial charge in [-0.05, 0) is 57.0 Å². The third kappa shape index (κ3) is 16.3. The molecular formula is C27H35N3O9. The highest BCUT2D eigenvalue weighted by molar-refractivity contribution is 5.90. The molecule has 0 spiro atoms. The van der Waals surface area contributed by atoms with Crippen LogP contribution >= 0.6 is 0 Å². The topological polar surface area (TPSA) is 189 Å². The molecule has 4 N–H and O–H groups in total. The van der Waals surface area contributed by atoms with Crippen LogP contribution in [0.2, 0.25) is 0 Å². The van der Waals surface area contributed by atoms with Crippen LogP contribution < -0.4 is 4.74 Å². The third-order valence-electron chi connectivity index (χ3n) is 5.76. The Balaban J connectivity index is 0.000000393. The van der Waals surface area contributed by atoms with E-state index in [4.69, 9.17) is 30.4 Å². The SMILES string of the molecule is N#Cc1cccc(OCCCCN2CCN3CCCCC3C2)c1.O=C(O)/C=C/C(=O)O.O=C(O)/C=C/C(=O)O. The maximum absolute atomic E-state index is 9.55. The highest BCUT2D eigenvalue weighted by Crippen LogP contribution is 2.21. The molecule has 0 saturated carbocycles. The number of piperidine rings is 1. The van der Waals surface area contributed by atoms with Crippen LogP contribution in [-0.2, 0) is 19.2 Å². The molecule has 0 aromatic heterocycles. The average molecular weight is 546 g/mol. The summed E-state index contributed by atoms with van der Waals surface area (Å²) in [5.74, 6) is -4.22. The number of fused-ring (bicyclic) bond motifs is 1. The summed E-state index contributed by atoms with van der Waals surface area (Å²) in [4.78, 5) is 43.5. The summed E-state index contributed by atoms with van der Waals surface area (Å²) in [6.07, 6.45) is 8.67. The molecule has 1 atom stereocenters. The zero-order valence-corrected chi connectivity index (χ0v) is 21.6. The number of carbonyl (C=O) groups is 4. The zero-order chi connectivity index (χ0) is 29.0. The van der Waals surface area contributed by atoms with Crippen LogP contribution in [0.25, 0.3) is 0 Å².